The molecular formula is C15H23N5OS. The standard InChI is InChI=1S/C15H23N5OS/c1-15(2,3)11-8-20-14(18-11)22-13(19-20)17-10-7-5-4-6-9(10)12(16)21/h8-10H,4-7H2,1-3H3,(H2,16,21)(H,17,19). The highest BCUT2D eigenvalue weighted by Crippen LogP contribution is 2.30. The molecule has 0 spiro atoms. The quantitative estimate of drug-likeness (QED) is 0.909. The smallest absolute Gasteiger partial charge is 0.222 e. The lowest BCUT2D eigenvalue weighted by Crippen LogP contribution is -2.40. The van der Waals surface area contributed by atoms with Gasteiger partial charge in [0.05, 0.1) is 17.8 Å². The summed E-state index contributed by atoms with van der Waals surface area (Å²) in [7, 11) is 0. The number of amides is 1. The number of nitrogens with one attached hydrogen (secondary N) is 1. The summed E-state index contributed by atoms with van der Waals surface area (Å²) in [6.45, 7) is 6.41. The van der Waals surface area contributed by atoms with Gasteiger partial charge in [0, 0.05) is 11.5 Å². The summed E-state index contributed by atoms with van der Waals surface area (Å²) < 4.78 is 1.82. The van der Waals surface area contributed by atoms with E-state index in [1.807, 2.05) is 10.7 Å². The number of carbonyl (C=O) groups is 1. The van der Waals surface area contributed by atoms with Crippen LogP contribution in [0, 0.1) is 5.92 Å². The number of carbonyl (C=O) groups excluding carboxylic acids is 1. The summed E-state index contributed by atoms with van der Waals surface area (Å²) in [5.74, 6) is -0.316. The van der Waals surface area contributed by atoms with Crippen molar-refractivity contribution in [1.29, 1.82) is 0 Å². The van der Waals surface area contributed by atoms with Crippen LogP contribution < -0.4 is 11.1 Å². The number of imidazole rings is 1. The molecule has 3 rings (SSSR count). The first kappa shape index (κ1) is 15.3. The van der Waals surface area contributed by atoms with Crippen molar-refractivity contribution in [3.63, 3.8) is 0 Å². The van der Waals surface area contributed by atoms with Gasteiger partial charge in [-0.15, -0.1) is 5.10 Å². The maximum Gasteiger partial charge on any atom is 0.222 e. The second kappa shape index (κ2) is 5.53. The fourth-order valence-electron chi connectivity index (χ4n) is 2.92. The third kappa shape index (κ3) is 2.95. The summed E-state index contributed by atoms with van der Waals surface area (Å²) in [6.07, 6.45) is 6.00. The van der Waals surface area contributed by atoms with Crippen LogP contribution in [0.5, 0.6) is 0 Å². The van der Waals surface area contributed by atoms with Gasteiger partial charge in [-0.2, -0.15) is 0 Å². The molecule has 2 atom stereocenters. The molecule has 1 aliphatic carbocycles. The van der Waals surface area contributed by atoms with E-state index in [0.29, 0.717) is 0 Å². The molecule has 6 nitrogen and oxygen atoms in total. The largest absolute Gasteiger partial charge is 0.369 e. The number of hydrogen-bond acceptors (Lipinski definition) is 5. The summed E-state index contributed by atoms with van der Waals surface area (Å²) in [5.41, 5.74) is 6.57. The minimum absolute atomic E-state index is 0.0153. The zero-order valence-corrected chi connectivity index (χ0v) is 14.1. The van der Waals surface area contributed by atoms with Crippen molar-refractivity contribution in [3.8, 4) is 0 Å². The van der Waals surface area contributed by atoms with E-state index >= 15 is 0 Å². The highest BCUT2D eigenvalue weighted by molar-refractivity contribution is 7.20. The van der Waals surface area contributed by atoms with Crippen molar-refractivity contribution in [2.75, 3.05) is 5.32 Å². The molecule has 22 heavy (non-hydrogen) atoms. The number of nitrogens with two attached hydrogens (primary N) is 1. The van der Waals surface area contributed by atoms with Gasteiger partial charge in [-0.3, -0.25) is 4.79 Å². The van der Waals surface area contributed by atoms with E-state index < -0.39 is 0 Å². The van der Waals surface area contributed by atoms with Gasteiger partial charge in [0.2, 0.25) is 16.0 Å². The Kier molecular flexibility index (Phi) is 3.84. The van der Waals surface area contributed by atoms with Crippen LogP contribution in [0.25, 0.3) is 4.96 Å². The molecule has 1 fully saturated rings. The molecule has 0 radical (unpaired) electrons. The fraction of sp³-hybridized carbons (Fsp3) is 0.667. The van der Waals surface area contributed by atoms with Gasteiger partial charge in [-0.25, -0.2) is 9.50 Å². The van der Waals surface area contributed by atoms with Crippen LogP contribution in [0.1, 0.15) is 52.1 Å². The van der Waals surface area contributed by atoms with Crippen molar-refractivity contribution in [1.82, 2.24) is 14.6 Å². The zero-order chi connectivity index (χ0) is 15.9. The van der Waals surface area contributed by atoms with Crippen molar-refractivity contribution < 1.29 is 4.79 Å². The van der Waals surface area contributed by atoms with Crippen LogP contribution >= 0.6 is 11.3 Å². The van der Waals surface area contributed by atoms with Crippen LogP contribution in [0.4, 0.5) is 5.13 Å². The molecule has 2 unspecified atom stereocenters. The minimum atomic E-state index is -0.214. The maximum absolute atomic E-state index is 11.6. The summed E-state index contributed by atoms with van der Waals surface area (Å²) in [4.78, 5) is 17.1. The highest BCUT2D eigenvalue weighted by Gasteiger charge is 2.30. The number of fused-ring (bicyclic) bond motifs is 1. The maximum atomic E-state index is 11.6. The lowest BCUT2D eigenvalue weighted by atomic mass is 9.84. The van der Waals surface area contributed by atoms with Crippen LogP contribution in [0.15, 0.2) is 6.20 Å². The molecule has 7 heteroatoms. The predicted octanol–water partition coefficient (Wildman–Crippen LogP) is 2.54. The van der Waals surface area contributed by atoms with Gasteiger partial charge >= 0.3 is 0 Å². The second-order valence-electron chi connectivity index (χ2n) is 7.05. The number of hydrogen-bond donors (Lipinski definition) is 2. The number of nitrogens with zero attached hydrogens (tertiary/aromatic N) is 3. The number of rotatable bonds is 3. The summed E-state index contributed by atoms with van der Waals surface area (Å²) >= 11 is 1.52. The average molecular weight is 321 g/mol. The van der Waals surface area contributed by atoms with E-state index in [4.69, 9.17) is 5.73 Å². The van der Waals surface area contributed by atoms with Crippen LogP contribution in [-0.4, -0.2) is 26.5 Å². The molecule has 2 aromatic heterocycles. The molecule has 3 N–H and O–H groups in total. The highest BCUT2D eigenvalue weighted by atomic mass is 32.1. The Morgan fingerprint density at radius 3 is 2.77 bits per heavy atom. The van der Waals surface area contributed by atoms with Crippen LogP contribution in [-0.2, 0) is 10.2 Å². The van der Waals surface area contributed by atoms with Crippen molar-refractivity contribution in [2.45, 2.75) is 57.9 Å². The third-order valence-electron chi connectivity index (χ3n) is 4.25. The molecule has 0 bridgehead atoms. The molecule has 120 valence electrons. The van der Waals surface area contributed by atoms with Crippen molar-refractivity contribution in [2.24, 2.45) is 11.7 Å². The van der Waals surface area contributed by atoms with E-state index in [1.54, 1.807) is 0 Å². The Morgan fingerprint density at radius 2 is 2.14 bits per heavy atom. The molecule has 1 amide bonds. The van der Waals surface area contributed by atoms with Gasteiger partial charge in [-0.05, 0) is 12.8 Å². The molecule has 0 saturated heterocycles. The van der Waals surface area contributed by atoms with Crippen LogP contribution in [0.3, 0.4) is 0 Å². The molecular weight excluding hydrogens is 298 g/mol. The SMILES string of the molecule is CC(C)(C)c1cn2nc(NC3CCCCC3C(N)=O)sc2n1. The van der Waals surface area contributed by atoms with E-state index in [9.17, 15) is 4.79 Å². The van der Waals surface area contributed by atoms with Gasteiger partial charge in [0.1, 0.15) is 0 Å². The average Bonchev–Trinajstić information content (AvgIpc) is 2.96. The van der Waals surface area contributed by atoms with Gasteiger partial charge in [0.15, 0.2) is 0 Å². The summed E-state index contributed by atoms with van der Waals surface area (Å²) in [5, 5.41) is 8.74. The van der Waals surface area contributed by atoms with Gasteiger partial charge < -0.3 is 11.1 Å². The Bertz CT molecular complexity index is 652. The van der Waals surface area contributed by atoms with Crippen LogP contribution in [0.2, 0.25) is 0 Å². The minimum Gasteiger partial charge on any atom is -0.369 e. The zero-order valence-electron chi connectivity index (χ0n) is 13.3. The molecule has 2 aromatic rings. The molecule has 2 heterocycles. The third-order valence-corrected chi connectivity index (χ3v) is 5.11. The van der Waals surface area contributed by atoms with Crippen molar-refractivity contribution in [3.05, 3.63) is 11.9 Å². The lowest BCUT2D eigenvalue weighted by molar-refractivity contribution is -0.122. The van der Waals surface area contributed by atoms with Gasteiger partial charge in [-0.1, -0.05) is 44.9 Å². The number of aromatic nitrogens is 3. The molecule has 1 aliphatic rings. The second-order valence-corrected chi connectivity index (χ2v) is 8.01. The monoisotopic (exact) mass is 321 g/mol. The summed E-state index contributed by atoms with van der Waals surface area (Å²) in [6, 6.07) is 0.0872. The van der Waals surface area contributed by atoms with E-state index in [1.165, 1.54) is 11.3 Å². The Hall–Kier alpha value is -1.63. The van der Waals surface area contributed by atoms with E-state index in [0.717, 1.165) is 41.5 Å². The predicted molar refractivity (Wildman–Crippen MR) is 88.1 cm³/mol. The van der Waals surface area contributed by atoms with Gasteiger partial charge in [0.25, 0.3) is 0 Å². The molecule has 0 aromatic carbocycles. The first-order valence-corrected chi connectivity index (χ1v) is 8.59. The number of primary amides is 1. The van der Waals surface area contributed by atoms with E-state index in [2.05, 4.69) is 36.2 Å². The van der Waals surface area contributed by atoms with Crippen molar-refractivity contribution >= 4 is 27.3 Å². The normalized spacial score (nSPS) is 22.9. The van der Waals surface area contributed by atoms with E-state index in [-0.39, 0.29) is 23.3 Å². The first-order valence-electron chi connectivity index (χ1n) is 7.77. The fourth-order valence-corrected chi connectivity index (χ4v) is 3.77. The first-order chi connectivity index (χ1) is 10.3. The molecule has 1 saturated carbocycles. The Balaban J connectivity index is 1.79. The topological polar surface area (TPSA) is 85.3 Å². The Morgan fingerprint density at radius 1 is 1.41 bits per heavy atom. The lowest BCUT2D eigenvalue weighted by Gasteiger charge is -2.29. The Labute approximate surface area is 134 Å². The number of anilines is 1. The molecule has 0 aliphatic heterocycles.